The van der Waals surface area contributed by atoms with Gasteiger partial charge in [0.15, 0.2) is 5.78 Å². The van der Waals surface area contributed by atoms with Gasteiger partial charge < -0.3 is 9.84 Å². The number of rotatable bonds is 5. The van der Waals surface area contributed by atoms with Gasteiger partial charge in [-0.1, -0.05) is 43.7 Å². The van der Waals surface area contributed by atoms with Gasteiger partial charge in [0.05, 0.1) is 5.60 Å². The van der Waals surface area contributed by atoms with E-state index in [-0.39, 0.29) is 29.2 Å². The smallest absolute Gasteiger partial charge is 0.302 e. The minimum atomic E-state index is -0.951. The molecule has 24 heavy (non-hydrogen) atoms. The van der Waals surface area contributed by atoms with E-state index in [1.807, 2.05) is 25.2 Å². The van der Waals surface area contributed by atoms with Crippen LogP contribution in [0.4, 0.5) is 0 Å². The number of hydrogen-bond donors (Lipinski definition) is 1. The summed E-state index contributed by atoms with van der Waals surface area (Å²) in [5.41, 5.74) is -0.150. The quantitative estimate of drug-likeness (QED) is 0.472. The number of ether oxygens (including phenoxy) is 1. The molecule has 0 aromatic heterocycles. The van der Waals surface area contributed by atoms with Crippen molar-refractivity contribution in [2.24, 2.45) is 11.3 Å². The van der Waals surface area contributed by atoms with Gasteiger partial charge in [-0.05, 0) is 38.7 Å². The Morgan fingerprint density at radius 3 is 2.21 bits per heavy atom. The summed E-state index contributed by atoms with van der Waals surface area (Å²) >= 11 is 0. The van der Waals surface area contributed by atoms with Crippen LogP contribution in [0.1, 0.15) is 54.4 Å². The van der Waals surface area contributed by atoms with Gasteiger partial charge in [-0.25, -0.2) is 0 Å². The summed E-state index contributed by atoms with van der Waals surface area (Å²) in [6.07, 6.45) is 9.99. The molecule has 0 aliphatic heterocycles. The van der Waals surface area contributed by atoms with E-state index >= 15 is 0 Å². The van der Waals surface area contributed by atoms with E-state index in [0.717, 1.165) is 5.57 Å². The fraction of sp³-hybridized carbons (Fsp3) is 0.600. The van der Waals surface area contributed by atoms with E-state index in [9.17, 15) is 14.7 Å². The van der Waals surface area contributed by atoms with E-state index in [1.165, 1.54) is 19.9 Å². The third-order valence-electron chi connectivity index (χ3n) is 4.48. The van der Waals surface area contributed by atoms with Gasteiger partial charge in [-0.3, -0.25) is 9.59 Å². The first-order valence-electron chi connectivity index (χ1n) is 8.37. The molecule has 0 aromatic rings. The van der Waals surface area contributed by atoms with Crippen LogP contribution in [0, 0.1) is 11.3 Å². The minimum absolute atomic E-state index is 0.0101. The number of carbonyl (C=O) groups is 2. The Bertz CT molecular complexity index is 546. The average molecular weight is 334 g/mol. The van der Waals surface area contributed by atoms with Crippen molar-refractivity contribution in [3.05, 3.63) is 36.0 Å². The lowest BCUT2D eigenvalue weighted by atomic mass is 9.61. The molecule has 3 atom stereocenters. The molecule has 1 N–H and O–H groups in total. The third kappa shape index (κ3) is 6.08. The van der Waals surface area contributed by atoms with Crippen molar-refractivity contribution in [2.75, 3.05) is 0 Å². The summed E-state index contributed by atoms with van der Waals surface area (Å²) in [6, 6.07) is 0. The molecule has 1 rings (SSSR count). The van der Waals surface area contributed by atoms with Crippen LogP contribution in [-0.4, -0.2) is 28.6 Å². The van der Waals surface area contributed by atoms with Crippen LogP contribution in [0.5, 0.6) is 0 Å². The topological polar surface area (TPSA) is 63.6 Å². The van der Waals surface area contributed by atoms with Crippen LogP contribution in [0.15, 0.2) is 36.0 Å². The molecule has 1 fully saturated rings. The molecule has 0 amide bonds. The number of allylic oxidation sites excluding steroid dienone is 5. The standard InChI is InChI=1S/C20H30O4/c1-14(8-7-9-15(2)21)10-11-18-19(4,5)12-17(24-16(3)22)13-20(18,6)23/h7-11,17-18,23H,12-13H2,1-6H3. The maximum Gasteiger partial charge on any atom is 0.302 e. The van der Waals surface area contributed by atoms with Crippen LogP contribution < -0.4 is 0 Å². The van der Waals surface area contributed by atoms with Crippen LogP contribution >= 0.6 is 0 Å². The summed E-state index contributed by atoms with van der Waals surface area (Å²) in [7, 11) is 0. The Morgan fingerprint density at radius 2 is 1.71 bits per heavy atom. The van der Waals surface area contributed by atoms with Crippen molar-refractivity contribution >= 4 is 11.8 Å². The predicted molar refractivity (Wildman–Crippen MR) is 95.4 cm³/mol. The van der Waals surface area contributed by atoms with Crippen molar-refractivity contribution in [1.29, 1.82) is 0 Å². The van der Waals surface area contributed by atoms with E-state index in [4.69, 9.17) is 4.74 Å². The molecule has 1 aliphatic rings. The van der Waals surface area contributed by atoms with Gasteiger partial charge in [0.2, 0.25) is 0 Å². The second-order valence-electron chi connectivity index (χ2n) is 7.70. The Labute approximate surface area is 145 Å². The molecule has 0 bridgehead atoms. The molecular formula is C20H30O4. The summed E-state index contributed by atoms with van der Waals surface area (Å²) in [4.78, 5) is 22.1. The second kappa shape index (κ2) is 7.93. The SMILES string of the molecule is CC(=O)C=CC=C(C)C=CC1C(C)(C)CC(OC(C)=O)CC1(C)O. The fourth-order valence-electron chi connectivity index (χ4n) is 3.64. The van der Waals surface area contributed by atoms with Crippen molar-refractivity contribution in [3.8, 4) is 0 Å². The molecule has 0 heterocycles. The summed E-state index contributed by atoms with van der Waals surface area (Å²) in [6.45, 7) is 10.8. The van der Waals surface area contributed by atoms with E-state index in [0.29, 0.717) is 12.8 Å². The maximum absolute atomic E-state index is 11.2. The molecule has 3 unspecified atom stereocenters. The van der Waals surface area contributed by atoms with Gasteiger partial charge in [-0.2, -0.15) is 0 Å². The highest BCUT2D eigenvalue weighted by Gasteiger charge is 2.48. The molecular weight excluding hydrogens is 304 g/mol. The van der Waals surface area contributed by atoms with Gasteiger partial charge in [0, 0.05) is 19.3 Å². The Kier molecular flexibility index (Phi) is 6.73. The van der Waals surface area contributed by atoms with Crippen molar-refractivity contribution in [3.63, 3.8) is 0 Å². The van der Waals surface area contributed by atoms with Gasteiger partial charge in [0.25, 0.3) is 0 Å². The maximum atomic E-state index is 11.2. The van der Waals surface area contributed by atoms with E-state index in [2.05, 4.69) is 13.8 Å². The molecule has 0 saturated heterocycles. The van der Waals surface area contributed by atoms with Crippen molar-refractivity contribution in [2.45, 2.75) is 66.1 Å². The number of hydrogen-bond acceptors (Lipinski definition) is 4. The first-order valence-corrected chi connectivity index (χ1v) is 8.37. The number of ketones is 1. The van der Waals surface area contributed by atoms with Gasteiger partial charge in [-0.15, -0.1) is 0 Å². The van der Waals surface area contributed by atoms with Crippen LogP contribution in [-0.2, 0) is 14.3 Å². The molecule has 1 saturated carbocycles. The zero-order valence-electron chi connectivity index (χ0n) is 15.6. The Balaban J connectivity index is 2.92. The molecule has 0 spiro atoms. The Morgan fingerprint density at radius 1 is 1.08 bits per heavy atom. The summed E-state index contributed by atoms with van der Waals surface area (Å²) < 4.78 is 5.34. The number of carbonyl (C=O) groups excluding carboxylic acids is 2. The van der Waals surface area contributed by atoms with Crippen LogP contribution in [0.3, 0.4) is 0 Å². The predicted octanol–water partition coefficient (Wildman–Crippen LogP) is 3.75. The third-order valence-corrected chi connectivity index (χ3v) is 4.48. The second-order valence-corrected chi connectivity index (χ2v) is 7.70. The minimum Gasteiger partial charge on any atom is -0.462 e. The molecule has 134 valence electrons. The molecule has 4 heteroatoms. The van der Waals surface area contributed by atoms with Gasteiger partial charge in [0.1, 0.15) is 6.10 Å². The molecule has 4 nitrogen and oxygen atoms in total. The lowest BCUT2D eigenvalue weighted by molar-refractivity contribution is -0.163. The van der Waals surface area contributed by atoms with E-state index in [1.54, 1.807) is 13.0 Å². The fourth-order valence-corrected chi connectivity index (χ4v) is 3.64. The van der Waals surface area contributed by atoms with Crippen molar-refractivity contribution < 1.29 is 19.4 Å². The molecule has 0 aromatic carbocycles. The monoisotopic (exact) mass is 334 g/mol. The highest BCUT2D eigenvalue weighted by Crippen LogP contribution is 2.47. The molecule has 0 radical (unpaired) electrons. The zero-order valence-corrected chi connectivity index (χ0v) is 15.6. The normalized spacial score (nSPS) is 30.7. The first kappa shape index (κ1) is 20.4. The first-order chi connectivity index (χ1) is 10.9. The summed E-state index contributed by atoms with van der Waals surface area (Å²) in [5, 5.41) is 10.9. The number of aliphatic hydroxyl groups is 1. The average Bonchev–Trinajstić information content (AvgIpc) is 2.34. The lowest BCUT2D eigenvalue weighted by Gasteiger charge is -2.49. The Hall–Kier alpha value is -1.68. The highest BCUT2D eigenvalue weighted by atomic mass is 16.5. The molecule has 1 aliphatic carbocycles. The summed E-state index contributed by atoms with van der Waals surface area (Å²) in [5.74, 6) is -0.357. The lowest BCUT2D eigenvalue weighted by Crippen LogP contribution is -2.51. The van der Waals surface area contributed by atoms with Gasteiger partial charge >= 0.3 is 5.97 Å². The van der Waals surface area contributed by atoms with Crippen molar-refractivity contribution in [1.82, 2.24) is 0 Å². The largest absolute Gasteiger partial charge is 0.462 e. The zero-order chi connectivity index (χ0) is 18.5. The van der Waals surface area contributed by atoms with E-state index < -0.39 is 5.60 Å². The highest BCUT2D eigenvalue weighted by molar-refractivity contribution is 5.87. The van der Waals surface area contributed by atoms with Crippen LogP contribution in [0.25, 0.3) is 0 Å². The van der Waals surface area contributed by atoms with Crippen LogP contribution in [0.2, 0.25) is 0 Å². The number of esters is 1.